The Morgan fingerprint density at radius 3 is 2.05 bits per heavy atom. The monoisotopic (exact) mass is 280 g/mol. The van der Waals surface area contributed by atoms with Crippen molar-refractivity contribution >= 4 is 17.7 Å². The Hall–Kier alpha value is -2.25. The highest BCUT2D eigenvalue weighted by atomic mass is 16.4. The van der Waals surface area contributed by atoms with Crippen LogP contribution in [0, 0.1) is 0 Å². The molecule has 0 amide bonds. The van der Waals surface area contributed by atoms with Crippen LogP contribution in [0.2, 0.25) is 0 Å². The minimum Gasteiger partial charge on any atom is -0.481 e. The predicted octanol–water partition coefficient (Wildman–Crippen LogP) is -0.447. The van der Waals surface area contributed by atoms with Gasteiger partial charge in [-0.1, -0.05) is 30.3 Å². The lowest BCUT2D eigenvalue weighted by Gasteiger charge is -2.22. The van der Waals surface area contributed by atoms with Crippen LogP contribution in [0.25, 0.3) is 0 Å². The molecule has 0 aliphatic heterocycles. The van der Waals surface area contributed by atoms with Crippen molar-refractivity contribution in [3.63, 3.8) is 0 Å². The summed E-state index contributed by atoms with van der Waals surface area (Å²) in [6.07, 6.45) is -0.575. The van der Waals surface area contributed by atoms with Crippen LogP contribution in [-0.2, 0) is 14.4 Å². The van der Waals surface area contributed by atoms with Crippen molar-refractivity contribution in [2.45, 2.75) is 24.4 Å². The summed E-state index contributed by atoms with van der Waals surface area (Å²) in [6, 6.07) is 5.29. The van der Waals surface area contributed by atoms with Gasteiger partial charge in [0.1, 0.15) is 6.04 Å². The van der Waals surface area contributed by atoms with E-state index in [4.69, 9.17) is 21.7 Å². The summed E-state index contributed by atoms with van der Waals surface area (Å²) >= 11 is 0. The van der Waals surface area contributed by atoms with E-state index in [1.807, 2.05) is 0 Å². The molecule has 0 aliphatic rings. The Morgan fingerprint density at radius 2 is 1.60 bits per heavy atom. The van der Waals surface area contributed by atoms with Gasteiger partial charge in [-0.2, -0.15) is 0 Å². The van der Waals surface area contributed by atoms with Gasteiger partial charge in [0.15, 0.2) is 5.78 Å². The Kier molecular flexibility index (Phi) is 5.36. The van der Waals surface area contributed by atoms with Gasteiger partial charge in [-0.3, -0.25) is 14.4 Å². The van der Waals surface area contributed by atoms with Crippen LogP contribution in [0.15, 0.2) is 30.3 Å². The minimum absolute atomic E-state index is 0.397. The molecule has 20 heavy (non-hydrogen) atoms. The third-order valence-corrected chi connectivity index (χ3v) is 2.87. The molecule has 3 atom stereocenters. The second-order valence-corrected chi connectivity index (χ2v) is 4.36. The molecule has 0 bridgehead atoms. The number of carboxylic acid groups (broad SMARTS) is 2. The lowest BCUT2D eigenvalue weighted by Crippen LogP contribution is -2.46. The maximum atomic E-state index is 12.2. The van der Waals surface area contributed by atoms with E-state index in [1.54, 1.807) is 30.3 Å². The fraction of sp³-hybridized carbons (Fsp3) is 0.308. The third kappa shape index (κ3) is 3.87. The van der Waals surface area contributed by atoms with Crippen molar-refractivity contribution < 1.29 is 24.6 Å². The van der Waals surface area contributed by atoms with E-state index in [1.165, 1.54) is 0 Å². The molecule has 1 rings (SSSR count). The second kappa shape index (κ2) is 6.78. The molecule has 0 radical (unpaired) electrons. The highest BCUT2D eigenvalue weighted by Crippen LogP contribution is 2.22. The largest absolute Gasteiger partial charge is 0.481 e. The maximum Gasteiger partial charge on any atom is 0.321 e. The summed E-state index contributed by atoms with van der Waals surface area (Å²) in [6.45, 7) is 0. The standard InChI is InChI=1S/C13H16N2O5/c14-8(6-9(16)17)12(18)10(11(15)13(19)20)7-4-2-1-3-5-7/h1-5,8,10-11H,6,14-15H2,(H,16,17)(H,19,20)/t8-,10?,11-/m0/s1. The van der Waals surface area contributed by atoms with E-state index in [9.17, 15) is 14.4 Å². The number of Topliss-reactive ketones (excluding diaryl/α,β-unsaturated/α-hetero) is 1. The molecular weight excluding hydrogens is 264 g/mol. The summed E-state index contributed by atoms with van der Waals surface area (Å²) in [5.41, 5.74) is 11.5. The third-order valence-electron chi connectivity index (χ3n) is 2.87. The van der Waals surface area contributed by atoms with Gasteiger partial charge in [0.25, 0.3) is 0 Å². The lowest BCUT2D eigenvalue weighted by molar-refractivity contribution is -0.142. The van der Waals surface area contributed by atoms with Crippen LogP contribution in [0.4, 0.5) is 0 Å². The molecule has 0 aromatic heterocycles. The first kappa shape index (κ1) is 15.8. The Labute approximate surface area is 115 Å². The smallest absolute Gasteiger partial charge is 0.321 e. The number of carbonyl (C=O) groups excluding carboxylic acids is 1. The molecule has 1 aromatic rings. The number of rotatable bonds is 7. The maximum absolute atomic E-state index is 12.2. The molecule has 0 saturated carbocycles. The van der Waals surface area contributed by atoms with Crippen LogP contribution in [0.5, 0.6) is 0 Å². The molecule has 0 heterocycles. The zero-order valence-electron chi connectivity index (χ0n) is 10.6. The highest BCUT2D eigenvalue weighted by molar-refractivity contribution is 5.97. The molecule has 0 saturated heterocycles. The van der Waals surface area contributed by atoms with Crippen LogP contribution in [0.1, 0.15) is 17.9 Å². The zero-order chi connectivity index (χ0) is 15.3. The molecule has 0 aliphatic carbocycles. The average Bonchev–Trinajstić information content (AvgIpc) is 2.39. The van der Waals surface area contributed by atoms with E-state index in [-0.39, 0.29) is 0 Å². The van der Waals surface area contributed by atoms with Gasteiger partial charge in [0.2, 0.25) is 0 Å². The van der Waals surface area contributed by atoms with Gasteiger partial charge >= 0.3 is 11.9 Å². The molecule has 0 fully saturated rings. The van der Waals surface area contributed by atoms with Gasteiger partial charge < -0.3 is 21.7 Å². The number of carboxylic acids is 2. The quantitative estimate of drug-likeness (QED) is 0.529. The molecule has 1 aromatic carbocycles. The van der Waals surface area contributed by atoms with Crippen LogP contribution in [-0.4, -0.2) is 40.0 Å². The summed E-state index contributed by atoms with van der Waals surface area (Å²) in [4.78, 5) is 33.8. The molecule has 0 spiro atoms. The fourth-order valence-corrected chi connectivity index (χ4v) is 1.87. The predicted molar refractivity (Wildman–Crippen MR) is 70.0 cm³/mol. The molecule has 7 heteroatoms. The van der Waals surface area contributed by atoms with Gasteiger partial charge in [0.05, 0.1) is 18.4 Å². The summed E-state index contributed by atoms with van der Waals surface area (Å²) < 4.78 is 0. The van der Waals surface area contributed by atoms with E-state index >= 15 is 0 Å². The van der Waals surface area contributed by atoms with Crippen LogP contribution >= 0.6 is 0 Å². The average molecular weight is 280 g/mol. The highest BCUT2D eigenvalue weighted by Gasteiger charge is 2.35. The summed E-state index contributed by atoms with van der Waals surface area (Å²) in [7, 11) is 0. The van der Waals surface area contributed by atoms with Crippen molar-refractivity contribution in [3.8, 4) is 0 Å². The van der Waals surface area contributed by atoms with E-state index in [0.717, 1.165) is 0 Å². The number of hydrogen-bond acceptors (Lipinski definition) is 5. The van der Waals surface area contributed by atoms with Crippen molar-refractivity contribution in [2.24, 2.45) is 11.5 Å². The van der Waals surface area contributed by atoms with Gasteiger partial charge in [-0.05, 0) is 5.56 Å². The number of ketones is 1. The summed E-state index contributed by atoms with van der Waals surface area (Å²) in [5.74, 6) is -4.46. The van der Waals surface area contributed by atoms with Gasteiger partial charge in [-0.25, -0.2) is 0 Å². The van der Waals surface area contributed by atoms with Crippen molar-refractivity contribution in [1.29, 1.82) is 0 Å². The Morgan fingerprint density at radius 1 is 1.05 bits per heavy atom. The van der Waals surface area contributed by atoms with E-state index < -0.39 is 42.1 Å². The van der Waals surface area contributed by atoms with E-state index in [2.05, 4.69) is 0 Å². The minimum atomic E-state index is -1.48. The van der Waals surface area contributed by atoms with Gasteiger partial charge in [-0.15, -0.1) is 0 Å². The van der Waals surface area contributed by atoms with E-state index in [0.29, 0.717) is 5.56 Å². The molecule has 6 N–H and O–H groups in total. The number of hydrogen-bond donors (Lipinski definition) is 4. The first-order chi connectivity index (χ1) is 9.34. The lowest BCUT2D eigenvalue weighted by atomic mass is 9.84. The first-order valence-electron chi connectivity index (χ1n) is 5.89. The normalized spacial score (nSPS) is 15.1. The molecule has 7 nitrogen and oxygen atoms in total. The fourth-order valence-electron chi connectivity index (χ4n) is 1.87. The number of benzene rings is 1. The second-order valence-electron chi connectivity index (χ2n) is 4.36. The Balaban J connectivity index is 3.08. The van der Waals surface area contributed by atoms with Crippen LogP contribution < -0.4 is 11.5 Å². The summed E-state index contributed by atoms with van der Waals surface area (Å²) in [5, 5.41) is 17.6. The number of aliphatic carboxylic acids is 2. The molecular formula is C13H16N2O5. The SMILES string of the molecule is N[C@H](C(=O)O)C(C(=O)[C@@H](N)CC(=O)O)c1ccccc1. The van der Waals surface area contributed by atoms with Crippen LogP contribution in [0.3, 0.4) is 0 Å². The first-order valence-corrected chi connectivity index (χ1v) is 5.89. The molecule has 1 unspecified atom stereocenters. The zero-order valence-corrected chi connectivity index (χ0v) is 10.6. The number of carbonyl (C=O) groups is 3. The van der Waals surface area contributed by atoms with Crippen molar-refractivity contribution in [1.82, 2.24) is 0 Å². The molecule has 108 valence electrons. The van der Waals surface area contributed by atoms with Crippen molar-refractivity contribution in [2.75, 3.05) is 0 Å². The Bertz CT molecular complexity index is 503. The number of nitrogens with two attached hydrogens (primary N) is 2. The topological polar surface area (TPSA) is 144 Å². The van der Waals surface area contributed by atoms with Gasteiger partial charge in [0, 0.05) is 0 Å². The van der Waals surface area contributed by atoms with Crippen molar-refractivity contribution in [3.05, 3.63) is 35.9 Å².